The molecule has 2 aliphatic rings. The molecular weight excluding hydrogens is 415 g/mol. The van der Waals surface area contributed by atoms with Crippen molar-refractivity contribution in [2.24, 2.45) is 12.0 Å². The van der Waals surface area contributed by atoms with Crippen molar-refractivity contribution in [2.75, 3.05) is 20.2 Å². The number of halogens is 3. The number of alkyl halides is 3. The average molecular weight is 437 g/mol. The van der Waals surface area contributed by atoms with Crippen LogP contribution < -0.4 is 10.1 Å². The predicted octanol–water partition coefficient (Wildman–Crippen LogP) is 2.78. The van der Waals surface area contributed by atoms with Gasteiger partial charge < -0.3 is 14.7 Å². The minimum Gasteiger partial charge on any atom is -0.496 e. The van der Waals surface area contributed by atoms with Gasteiger partial charge in [0.15, 0.2) is 5.60 Å². The van der Waals surface area contributed by atoms with Gasteiger partial charge in [-0.2, -0.15) is 18.3 Å². The van der Waals surface area contributed by atoms with Crippen molar-refractivity contribution < 1.29 is 27.8 Å². The van der Waals surface area contributed by atoms with E-state index in [0.29, 0.717) is 23.7 Å². The van der Waals surface area contributed by atoms with E-state index >= 15 is 0 Å². The van der Waals surface area contributed by atoms with Crippen molar-refractivity contribution >= 4 is 17.6 Å². The Morgan fingerprint density at radius 2 is 2.00 bits per heavy atom. The van der Waals surface area contributed by atoms with Gasteiger partial charge in [-0.05, 0) is 12.1 Å². The molecule has 0 bridgehead atoms. The summed E-state index contributed by atoms with van der Waals surface area (Å²) in [5.41, 5.74) is 0.412. The van der Waals surface area contributed by atoms with E-state index in [-0.39, 0.29) is 13.1 Å². The van der Waals surface area contributed by atoms with Gasteiger partial charge in [-0.25, -0.2) is 9.79 Å². The number of aromatic nitrogens is 2. The van der Waals surface area contributed by atoms with Gasteiger partial charge >= 0.3 is 12.2 Å². The predicted molar refractivity (Wildman–Crippen MR) is 106 cm³/mol. The number of ether oxygens (including phenoxy) is 1. The van der Waals surface area contributed by atoms with Gasteiger partial charge in [0.2, 0.25) is 0 Å². The van der Waals surface area contributed by atoms with Crippen LogP contribution in [0.3, 0.4) is 0 Å². The summed E-state index contributed by atoms with van der Waals surface area (Å²) >= 11 is 0. The number of nitrogens with zero attached hydrogens (tertiary/aromatic N) is 4. The van der Waals surface area contributed by atoms with Crippen molar-refractivity contribution in [3.63, 3.8) is 0 Å². The summed E-state index contributed by atoms with van der Waals surface area (Å²) in [7, 11) is 3.35. The minimum absolute atomic E-state index is 0.202. The van der Waals surface area contributed by atoms with Crippen LogP contribution in [0.25, 0.3) is 11.1 Å². The molecule has 8 nitrogen and oxygen atoms in total. The first-order valence-corrected chi connectivity index (χ1v) is 9.73. The summed E-state index contributed by atoms with van der Waals surface area (Å²) in [4.78, 5) is 18.4. The first-order chi connectivity index (χ1) is 14.6. The standard InChI is InChI=1S/C20H22F3N5O3/c1-27-11-12(10-24-27)13-3-4-15(31-2)14-9-16(25-17(13)14)26-18(29)28-7-5-19(30,6-8-28)20(21,22)23/h3-4,10-11,30H,5-9H2,1-2H3,(H,25,26,29). The van der Waals surface area contributed by atoms with Crippen molar-refractivity contribution in [2.45, 2.75) is 31.0 Å². The highest BCUT2D eigenvalue weighted by atomic mass is 19.4. The smallest absolute Gasteiger partial charge is 0.417 e. The average Bonchev–Trinajstić information content (AvgIpc) is 3.33. The highest BCUT2D eigenvalue weighted by molar-refractivity contribution is 6.04. The molecule has 0 unspecified atom stereocenters. The van der Waals surface area contributed by atoms with Crippen LogP contribution in [-0.4, -0.2) is 63.6 Å². The molecule has 1 saturated heterocycles. The molecule has 1 aromatic heterocycles. The number of amides is 2. The monoisotopic (exact) mass is 437 g/mol. The number of benzene rings is 1. The molecule has 2 amide bonds. The number of carbonyl (C=O) groups is 1. The number of likely N-dealkylation sites (tertiary alicyclic amines) is 1. The molecule has 166 valence electrons. The first kappa shape index (κ1) is 21.2. The molecule has 2 aliphatic heterocycles. The fourth-order valence-electron chi connectivity index (χ4n) is 3.88. The lowest BCUT2D eigenvalue weighted by Gasteiger charge is -2.38. The van der Waals surface area contributed by atoms with Crippen molar-refractivity contribution in [1.82, 2.24) is 20.0 Å². The second-order valence-electron chi connectivity index (χ2n) is 7.73. The molecule has 0 spiro atoms. The number of methoxy groups -OCH3 is 1. The highest BCUT2D eigenvalue weighted by Crippen LogP contribution is 2.42. The van der Waals surface area contributed by atoms with E-state index in [1.54, 1.807) is 25.0 Å². The summed E-state index contributed by atoms with van der Waals surface area (Å²) in [5, 5.41) is 16.7. The Hall–Kier alpha value is -3.08. The van der Waals surface area contributed by atoms with E-state index in [4.69, 9.17) is 4.74 Å². The summed E-state index contributed by atoms with van der Waals surface area (Å²) in [5.74, 6) is 1.01. The van der Waals surface area contributed by atoms with E-state index < -0.39 is 30.7 Å². The number of carbonyl (C=O) groups excluding carboxylic acids is 1. The quantitative estimate of drug-likeness (QED) is 0.756. The molecule has 11 heteroatoms. The first-order valence-electron chi connectivity index (χ1n) is 9.73. The number of aliphatic imine (C=N–C) groups is 1. The van der Waals surface area contributed by atoms with Crippen LogP contribution in [-0.2, 0) is 13.5 Å². The van der Waals surface area contributed by atoms with Gasteiger partial charge in [-0.1, -0.05) is 0 Å². The van der Waals surface area contributed by atoms with E-state index in [0.717, 1.165) is 16.7 Å². The maximum absolute atomic E-state index is 13.0. The molecule has 0 aliphatic carbocycles. The molecule has 31 heavy (non-hydrogen) atoms. The van der Waals surface area contributed by atoms with Crippen LogP contribution in [0.5, 0.6) is 5.75 Å². The van der Waals surface area contributed by atoms with Crippen molar-refractivity contribution in [3.05, 3.63) is 30.1 Å². The normalized spacial score (nSPS) is 17.9. The lowest BCUT2D eigenvalue weighted by Crippen LogP contribution is -2.56. The van der Waals surface area contributed by atoms with Crippen LogP contribution in [0.4, 0.5) is 23.7 Å². The SMILES string of the molecule is COc1ccc(-c2cnn(C)c2)c2c1CC(NC(=O)N1CCC(O)(C(F)(F)F)CC1)=N2. The van der Waals surface area contributed by atoms with Crippen LogP contribution in [0.15, 0.2) is 29.5 Å². The summed E-state index contributed by atoms with van der Waals surface area (Å²) in [6.45, 7) is -0.404. The zero-order chi connectivity index (χ0) is 22.4. The topological polar surface area (TPSA) is 92.0 Å². The Morgan fingerprint density at radius 1 is 1.29 bits per heavy atom. The third kappa shape index (κ3) is 3.85. The van der Waals surface area contributed by atoms with Gasteiger partial charge in [-0.15, -0.1) is 0 Å². The Labute approximate surface area is 176 Å². The molecular formula is C20H22F3N5O3. The maximum atomic E-state index is 13.0. The number of piperidine rings is 1. The Morgan fingerprint density at radius 3 is 2.58 bits per heavy atom. The second kappa shape index (κ2) is 7.56. The lowest BCUT2D eigenvalue weighted by molar-refractivity contribution is -0.271. The molecule has 0 atom stereocenters. The van der Waals surface area contributed by atoms with Gasteiger partial charge in [0.25, 0.3) is 0 Å². The lowest BCUT2D eigenvalue weighted by atomic mass is 9.91. The summed E-state index contributed by atoms with van der Waals surface area (Å²) in [6, 6.07) is 3.15. The molecule has 3 heterocycles. The number of nitrogens with one attached hydrogen (secondary N) is 1. The van der Waals surface area contributed by atoms with Gasteiger partial charge in [0, 0.05) is 62.3 Å². The zero-order valence-electron chi connectivity index (χ0n) is 17.0. The van der Waals surface area contributed by atoms with E-state index in [2.05, 4.69) is 15.4 Å². The molecule has 2 aromatic rings. The third-order valence-electron chi connectivity index (χ3n) is 5.72. The Kier molecular flexibility index (Phi) is 5.16. The zero-order valence-corrected chi connectivity index (χ0v) is 17.0. The van der Waals surface area contributed by atoms with Crippen molar-refractivity contribution in [3.8, 4) is 16.9 Å². The van der Waals surface area contributed by atoms with Crippen molar-refractivity contribution in [1.29, 1.82) is 0 Å². The molecule has 0 radical (unpaired) electrons. The largest absolute Gasteiger partial charge is 0.496 e. The highest BCUT2D eigenvalue weighted by Gasteiger charge is 2.55. The molecule has 4 rings (SSSR count). The van der Waals surface area contributed by atoms with Gasteiger partial charge in [-0.3, -0.25) is 10.00 Å². The molecule has 1 fully saturated rings. The number of aryl methyl sites for hydroxylation is 1. The third-order valence-corrected chi connectivity index (χ3v) is 5.72. The summed E-state index contributed by atoms with van der Waals surface area (Å²) < 4.78 is 46.0. The van der Waals surface area contributed by atoms with Gasteiger partial charge in [0.05, 0.1) is 19.0 Å². The number of amidine groups is 1. The molecule has 2 N–H and O–H groups in total. The molecule has 0 saturated carbocycles. The minimum atomic E-state index is -4.72. The molecule has 1 aromatic carbocycles. The number of urea groups is 1. The second-order valence-corrected chi connectivity index (χ2v) is 7.73. The number of hydrogen-bond acceptors (Lipinski definition) is 5. The van der Waals surface area contributed by atoms with Crippen LogP contribution >= 0.6 is 0 Å². The number of rotatable bonds is 2. The van der Waals surface area contributed by atoms with E-state index in [1.807, 2.05) is 18.3 Å². The Balaban J connectivity index is 1.50. The number of hydrogen-bond donors (Lipinski definition) is 2. The fraction of sp³-hybridized carbons (Fsp3) is 0.450. The van der Waals surface area contributed by atoms with E-state index in [9.17, 15) is 23.1 Å². The van der Waals surface area contributed by atoms with Gasteiger partial charge in [0.1, 0.15) is 11.6 Å². The van der Waals surface area contributed by atoms with E-state index in [1.165, 1.54) is 4.90 Å². The fourth-order valence-corrected chi connectivity index (χ4v) is 3.88. The van der Waals surface area contributed by atoms with Crippen LogP contribution in [0, 0.1) is 0 Å². The number of aliphatic hydroxyl groups is 1. The number of fused-ring (bicyclic) bond motifs is 1. The Bertz CT molecular complexity index is 1040. The van der Waals surface area contributed by atoms with Crippen LogP contribution in [0.1, 0.15) is 18.4 Å². The van der Waals surface area contributed by atoms with Crippen LogP contribution in [0.2, 0.25) is 0 Å². The maximum Gasteiger partial charge on any atom is 0.417 e. The summed E-state index contributed by atoms with van der Waals surface area (Å²) in [6.07, 6.45) is -1.96.